The van der Waals surface area contributed by atoms with E-state index in [-0.39, 0.29) is 6.10 Å². The van der Waals surface area contributed by atoms with Crippen LogP contribution >= 0.6 is 0 Å². The van der Waals surface area contributed by atoms with Gasteiger partial charge in [-0.1, -0.05) is 12.7 Å². The van der Waals surface area contributed by atoms with Crippen molar-refractivity contribution in [3.8, 4) is 11.5 Å². The number of hydrogen-bond donors (Lipinski definition) is 0. The van der Waals surface area contributed by atoms with Crippen LogP contribution in [0, 0.1) is 0 Å². The first-order valence-corrected chi connectivity index (χ1v) is 8.15. The van der Waals surface area contributed by atoms with Crippen molar-refractivity contribution < 1.29 is 14.0 Å². The van der Waals surface area contributed by atoms with Gasteiger partial charge in [-0.05, 0) is 44.9 Å². The van der Waals surface area contributed by atoms with E-state index < -0.39 is 0 Å². The summed E-state index contributed by atoms with van der Waals surface area (Å²) in [5, 5.41) is 0. The molecule has 0 fully saturated rings. The van der Waals surface area contributed by atoms with Gasteiger partial charge in [-0.25, -0.2) is 9.13 Å². The van der Waals surface area contributed by atoms with E-state index in [2.05, 4.69) is 23.7 Å². The normalized spacial score (nSPS) is 10.8. The average molecular weight is 315 g/mol. The van der Waals surface area contributed by atoms with Gasteiger partial charge in [0.05, 0.1) is 26.3 Å². The van der Waals surface area contributed by atoms with Crippen LogP contribution in [0.15, 0.2) is 43.5 Å². The minimum atomic E-state index is 0.149. The minimum absolute atomic E-state index is 0.149. The first kappa shape index (κ1) is 17.1. The Labute approximate surface area is 139 Å². The molecule has 0 aliphatic heterocycles. The Bertz CT molecular complexity index is 632. The second-order valence-corrected chi connectivity index (χ2v) is 5.94. The maximum absolute atomic E-state index is 5.83. The van der Waals surface area contributed by atoms with Gasteiger partial charge >= 0.3 is 0 Å². The molecule has 0 saturated heterocycles. The lowest BCUT2D eigenvalue weighted by Gasteiger charge is -2.14. The maximum atomic E-state index is 5.83. The van der Waals surface area contributed by atoms with Crippen molar-refractivity contribution in [1.82, 2.24) is 4.57 Å². The fourth-order valence-electron chi connectivity index (χ4n) is 2.36. The summed E-state index contributed by atoms with van der Waals surface area (Å²) in [5.41, 5.74) is 0.969. The molecule has 124 valence electrons. The molecule has 0 saturated carbocycles. The number of imidazole rings is 1. The fraction of sp³-hybridized carbons (Fsp3) is 0.421. The van der Waals surface area contributed by atoms with E-state index in [1.165, 1.54) is 0 Å². The molecule has 0 radical (unpaired) electrons. The fourth-order valence-corrected chi connectivity index (χ4v) is 2.36. The van der Waals surface area contributed by atoms with Gasteiger partial charge in [0.15, 0.2) is 0 Å². The third kappa shape index (κ3) is 5.47. The molecule has 0 aliphatic rings. The standard InChI is InChI=1S/C19H27N2O2/c1-5-17-14-18(8-9-19(17)23-16(2)3)22-13-7-6-10-21-12-11-20(4)15-21/h5,8-9,11-12,14-16H,1,6-7,10,13H2,2-4H3/q+1. The van der Waals surface area contributed by atoms with Gasteiger partial charge in [0.1, 0.15) is 23.9 Å². The van der Waals surface area contributed by atoms with Crippen molar-refractivity contribution in [3.63, 3.8) is 0 Å². The highest BCUT2D eigenvalue weighted by atomic mass is 16.5. The van der Waals surface area contributed by atoms with Gasteiger partial charge in [0.25, 0.3) is 0 Å². The van der Waals surface area contributed by atoms with Crippen LogP contribution in [-0.4, -0.2) is 17.3 Å². The van der Waals surface area contributed by atoms with E-state index in [9.17, 15) is 0 Å². The Morgan fingerprint density at radius 2 is 2.13 bits per heavy atom. The molecule has 0 atom stereocenters. The molecule has 2 rings (SSSR count). The van der Waals surface area contributed by atoms with Crippen molar-refractivity contribution in [3.05, 3.63) is 49.1 Å². The van der Waals surface area contributed by atoms with E-state index in [0.29, 0.717) is 6.61 Å². The molecule has 2 aromatic rings. The van der Waals surface area contributed by atoms with Crippen LogP contribution < -0.4 is 14.0 Å². The summed E-state index contributed by atoms with van der Waals surface area (Å²) in [6.07, 6.45) is 10.3. The molecule has 0 N–H and O–H groups in total. The Hall–Kier alpha value is -2.23. The Kier molecular flexibility index (Phi) is 6.27. The topological polar surface area (TPSA) is 27.3 Å². The zero-order valence-electron chi connectivity index (χ0n) is 14.4. The van der Waals surface area contributed by atoms with Gasteiger partial charge < -0.3 is 9.47 Å². The van der Waals surface area contributed by atoms with Crippen molar-refractivity contribution in [2.45, 2.75) is 39.3 Å². The highest BCUT2D eigenvalue weighted by Crippen LogP contribution is 2.26. The summed E-state index contributed by atoms with van der Waals surface area (Å²) in [6.45, 7) is 9.61. The van der Waals surface area contributed by atoms with Crippen LogP contribution in [0.1, 0.15) is 32.3 Å². The summed E-state index contributed by atoms with van der Waals surface area (Å²) in [4.78, 5) is 0. The van der Waals surface area contributed by atoms with Crippen LogP contribution in [0.4, 0.5) is 0 Å². The zero-order valence-corrected chi connectivity index (χ0v) is 14.4. The number of unbranched alkanes of at least 4 members (excludes halogenated alkanes) is 1. The van der Waals surface area contributed by atoms with E-state index >= 15 is 0 Å². The predicted octanol–water partition coefficient (Wildman–Crippen LogP) is 3.60. The Morgan fingerprint density at radius 3 is 2.78 bits per heavy atom. The maximum Gasteiger partial charge on any atom is 0.243 e. The van der Waals surface area contributed by atoms with Gasteiger partial charge in [-0.15, -0.1) is 0 Å². The van der Waals surface area contributed by atoms with Crippen LogP contribution in [0.5, 0.6) is 11.5 Å². The summed E-state index contributed by atoms with van der Waals surface area (Å²) in [5.74, 6) is 1.71. The van der Waals surface area contributed by atoms with Crippen molar-refractivity contribution in [2.24, 2.45) is 7.05 Å². The van der Waals surface area contributed by atoms with Gasteiger partial charge in [-0.2, -0.15) is 0 Å². The molecule has 0 unspecified atom stereocenters. The number of ether oxygens (including phenoxy) is 2. The lowest BCUT2D eigenvalue weighted by Crippen LogP contribution is -2.23. The van der Waals surface area contributed by atoms with Gasteiger partial charge in [0, 0.05) is 5.56 Å². The van der Waals surface area contributed by atoms with Crippen LogP contribution in [-0.2, 0) is 13.6 Å². The summed E-state index contributed by atoms with van der Waals surface area (Å²) in [6, 6.07) is 5.89. The number of nitrogens with zero attached hydrogens (tertiary/aromatic N) is 2. The molecule has 0 amide bonds. The first-order valence-electron chi connectivity index (χ1n) is 8.15. The smallest absolute Gasteiger partial charge is 0.243 e. The minimum Gasteiger partial charge on any atom is -0.494 e. The first-order chi connectivity index (χ1) is 11.1. The van der Waals surface area contributed by atoms with Gasteiger partial charge in [-0.3, -0.25) is 0 Å². The second-order valence-electron chi connectivity index (χ2n) is 5.94. The third-order valence-electron chi connectivity index (χ3n) is 3.47. The van der Waals surface area contributed by atoms with E-state index in [0.717, 1.165) is 36.4 Å². The predicted molar refractivity (Wildman–Crippen MR) is 92.6 cm³/mol. The summed E-state index contributed by atoms with van der Waals surface area (Å²) >= 11 is 0. The molecular weight excluding hydrogens is 288 g/mol. The lowest BCUT2D eigenvalue weighted by atomic mass is 10.2. The van der Waals surface area contributed by atoms with E-state index in [1.807, 2.05) is 49.9 Å². The highest BCUT2D eigenvalue weighted by Gasteiger charge is 2.05. The number of rotatable bonds is 9. The molecule has 1 aromatic carbocycles. The number of aromatic nitrogens is 2. The highest BCUT2D eigenvalue weighted by molar-refractivity contribution is 5.58. The van der Waals surface area contributed by atoms with Crippen LogP contribution in [0.3, 0.4) is 0 Å². The molecular formula is C19H27N2O2+. The second kappa shape index (κ2) is 8.42. The molecule has 0 spiro atoms. The van der Waals surface area contributed by atoms with Crippen LogP contribution in [0.2, 0.25) is 0 Å². The molecule has 0 aliphatic carbocycles. The molecule has 4 nitrogen and oxygen atoms in total. The van der Waals surface area contributed by atoms with E-state index in [4.69, 9.17) is 9.47 Å². The van der Waals surface area contributed by atoms with Crippen molar-refractivity contribution in [1.29, 1.82) is 0 Å². The summed E-state index contributed by atoms with van der Waals surface area (Å²) in [7, 11) is 2.03. The van der Waals surface area contributed by atoms with Crippen LogP contribution in [0.25, 0.3) is 6.08 Å². The number of benzene rings is 1. The molecule has 0 bridgehead atoms. The SMILES string of the molecule is C=Cc1cc(OCCCCn2cc[n+](C)c2)ccc1OC(C)C. The van der Waals surface area contributed by atoms with Crippen molar-refractivity contribution >= 4 is 6.08 Å². The largest absolute Gasteiger partial charge is 0.494 e. The number of hydrogen-bond acceptors (Lipinski definition) is 2. The molecule has 23 heavy (non-hydrogen) atoms. The monoisotopic (exact) mass is 315 g/mol. The Morgan fingerprint density at radius 1 is 1.30 bits per heavy atom. The third-order valence-corrected chi connectivity index (χ3v) is 3.47. The van der Waals surface area contributed by atoms with Gasteiger partial charge in [0.2, 0.25) is 6.33 Å². The quantitative estimate of drug-likeness (QED) is 0.522. The van der Waals surface area contributed by atoms with Crippen molar-refractivity contribution in [2.75, 3.05) is 6.61 Å². The molecule has 1 heterocycles. The average Bonchev–Trinajstić information content (AvgIpc) is 2.93. The molecule has 1 aromatic heterocycles. The zero-order chi connectivity index (χ0) is 16.7. The molecule has 4 heteroatoms. The summed E-state index contributed by atoms with van der Waals surface area (Å²) < 4.78 is 15.8. The number of aryl methyl sites for hydroxylation is 2. The lowest BCUT2D eigenvalue weighted by molar-refractivity contribution is -0.671. The van der Waals surface area contributed by atoms with E-state index in [1.54, 1.807) is 6.08 Å². The Balaban J connectivity index is 1.77.